The van der Waals surface area contributed by atoms with Crippen molar-refractivity contribution in [2.75, 3.05) is 26.2 Å². The molecule has 3 atom stereocenters. The fourth-order valence-electron chi connectivity index (χ4n) is 3.86. The summed E-state index contributed by atoms with van der Waals surface area (Å²) in [5, 5.41) is 9.09. The van der Waals surface area contributed by atoms with Crippen molar-refractivity contribution in [3.8, 4) is 6.07 Å². The maximum absolute atomic E-state index is 12.4. The second kappa shape index (κ2) is 5.13. The number of hydrogen-bond donors (Lipinski definition) is 0. The first kappa shape index (κ1) is 12.9. The van der Waals surface area contributed by atoms with Crippen molar-refractivity contribution < 1.29 is 4.79 Å². The van der Waals surface area contributed by atoms with Crippen molar-refractivity contribution in [3.63, 3.8) is 0 Å². The molecule has 1 saturated heterocycles. The largest absolute Gasteiger partial charge is 0.340 e. The number of carbonyl (C=O) groups excluding carboxylic acids is 1. The van der Waals surface area contributed by atoms with Crippen molar-refractivity contribution in [3.05, 3.63) is 0 Å². The van der Waals surface area contributed by atoms with Crippen LogP contribution in [0, 0.1) is 29.1 Å². The number of amides is 1. The molecule has 1 heterocycles. The zero-order chi connectivity index (χ0) is 13.4. The van der Waals surface area contributed by atoms with E-state index >= 15 is 0 Å². The first-order valence-corrected chi connectivity index (χ1v) is 7.65. The van der Waals surface area contributed by atoms with Gasteiger partial charge >= 0.3 is 0 Å². The van der Waals surface area contributed by atoms with Gasteiger partial charge in [0.25, 0.3) is 0 Å². The first-order valence-electron chi connectivity index (χ1n) is 7.65. The molecule has 3 rings (SSSR count). The highest BCUT2D eigenvalue weighted by atomic mass is 16.2. The van der Waals surface area contributed by atoms with Crippen LogP contribution in [0.1, 0.15) is 32.6 Å². The number of piperazine rings is 1. The van der Waals surface area contributed by atoms with E-state index in [0.717, 1.165) is 57.3 Å². The van der Waals surface area contributed by atoms with Crippen molar-refractivity contribution in [2.24, 2.45) is 17.8 Å². The van der Waals surface area contributed by atoms with E-state index in [0.29, 0.717) is 11.8 Å². The predicted octanol–water partition coefficient (Wildman–Crippen LogP) is 1.48. The van der Waals surface area contributed by atoms with Gasteiger partial charge in [0.05, 0.1) is 12.1 Å². The topological polar surface area (TPSA) is 47.3 Å². The van der Waals surface area contributed by atoms with Crippen LogP contribution in [0.15, 0.2) is 0 Å². The second-order valence-corrected chi connectivity index (χ2v) is 6.34. The lowest BCUT2D eigenvalue weighted by Gasteiger charge is -2.37. The van der Waals surface area contributed by atoms with Gasteiger partial charge in [-0.1, -0.05) is 6.92 Å². The molecule has 3 fully saturated rings. The average molecular weight is 261 g/mol. The molecule has 0 radical (unpaired) electrons. The molecule has 4 heteroatoms. The van der Waals surface area contributed by atoms with Crippen molar-refractivity contribution in [2.45, 2.75) is 38.6 Å². The van der Waals surface area contributed by atoms with Crippen LogP contribution in [0.2, 0.25) is 0 Å². The van der Waals surface area contributed by atoms with E-state index in [-0.39, 0.29) is 6.04 Å². The molecule has 2 aliphatic carbocycles. The van der Waals surface area contributed by atoms with Crippen molar-refractivity contribution in [1.29, 1.82) is 5.26 Å². The van der Waals surface area contributed by atoms with Gasteiger partial charge in [0, 0.05) is 32.1 Å². The molecule has 4 nitrogen and oxygen atoms in total. The Hall–Kier alpha value is -1.08. The molecule has 0 aromatic rings. The molecule has 0 aromatic heterocycles. The Morgan fingerprint density at radius 3 is 2.37 bits per heavy atom. The van der Waals surface area contributed by atoms with Crippen LogP contribution in [-0.4, -0.2) is 47.9 Å². The molecule has 3 aliphatic rings. The zero-order valence-corrected chi connectivity index (χ0v) is 11.7. The van der Waals surface area contributed by atoms with E-state index < -0.39 is 0 Å². The molecular formula is C15H23N3O. The second-order valence-electron chi connectivity index (χ2n) is 6.34. The SMILES string of the molecule is CCC(C#N)N1CCN(C(=O)C2CC3CC3C2)CC1. The highest BCUT2D eigenvalue weighted by Gasteiger charge is 2.48. The third kappa shape index (κ3) is 2.49. The maximum Gasteiger partial charge on any atom is 0.225 e. The Balaban J connectivity index is 1.50. The fraction of sp³-hybridized carbons (Fsp3) is 0.867. The molecule has 2 saturated carbocycles. The van der Waals surface area contributed by atoms with Gasteiger partial charge in [-0.3, -0.25) is 9.69 Å². The van der Waals surface area contributed by atoms with E-state index in [2.05, 4.69) is 17.9 Å². The van der Waals surface area contributed by atoms with Gasteiger partial charge in [-0.25, -0.2) is 0 Å². The minimum Gasteiger partial charge on any atom is -0.340 e. The van der Waals surface area contributed by atoms with Crippen LogP contribution >= 0.6 is 0 Å². The maximum atomic E-state index is 12.4. The van der Waals surface area contributed by atoms with Gasteiger partial charge in [-0.15, -0.1) is 0 Å². The number of nitriles is 1. The lowest BCUT2D eigenvalue weighted by molar-refractivity contribution is -0.137. The molecule has 0 bridgehead atoms. The van der Waals surface area contributed by atoms with Gasteiger partial charge in [0.2, 0.25) is 5.91 Å². The van der Waals surface area contributed by atoms with Crippen LogP contribution in [0.4, 0.5) is 0 Å². The molecule has 0 aromatic carbocycles. The van der Waals surface area contributed by atoms with Crippen LogP contribution in [0.5, 0.6) is 0 Å². The Labute approximate surface area is 115 Å². The van der Waals surface area contributed by atoms with Crippen molar-refractivity contribution >= 4 is 5.91 Å². The summed E-state index contributed by atoms with van der Waals surface area (Å²) in [7, 11) is 0. The minimum atomic E-state index is 0.0244. The number of rotatable bonds is 3. The van der Waals surface area contributed by atoms with E-state index in [1.165, 1.54) is 6.42 Å². The lowest BCUT2D eigenvalue weighted by atomic mass is 10.0. The van der Waals surface area contributed by atoms with Crippen LogP contribution < -0.4 is 0 Å². The summed E-state index contributed by atoms with van der Waals surface area (Å²) in [5.74, 6) is 2.45. The molecule has 1 amide bonds. The Bertz CT molecular complexity index is 385. The Kier molecular flexibility index (Phi) is 3.49. The van der Waals surface area contributed by atoms with Crippen LogP contribution in [0.25, 0.3) is 0 Å². The molecule has 0 spiro atoms. The average Bonchev–Trinajstić information content (AvgIpc) is 3.06. The zero-order valence-electron chi connectivity index (χ0n) is 11.7. The van der Waals surface area contributed by atoms with Gasteiger partial charge < -0.3 is 4.90 Å². The summed E-state index contributed by atoms with van der Waals surface area (Å²) in [4.78, 5) is 16.7. The third-order valence-corrected chi connectivity index (χ3v) is 5.20. The molecule has 19 heavy (non-hydrogen) atoms. The Morgan fingerprint density at radius 2 is 1.84 bits per heavy atom. The number of carbonyl (C=O) groups is 1. The number of hydrogen-bond acceptors (Lipinski definition) is 3. The van der Waals surface area contributed by atoms with E-state index in [1.807, 2.05) is 4.90 Å². The monoisotopic (exact) mass is 261 g/mol. The van der Waals surface area contributed by atoms with Gasteiger partial charge in [0.1, 0.15) is 0 Å². The fourth-order valence-corrected chi connectivity index (χ4v) is 3.86. The first-order chi connectivity index (χ1) is 9.22. The lowest BCUT2D eigenvalue weighted by Crippen LogP contribution is -2.52. The van der Waals surface area contributed by atoms with Crippen LogP contribution in [0.3, 0.4) is 0 Å². The quantitative estimate of drug-likeness (QED) is 0.773. The molecular weight excluding hydrogens is 238 g/mol. The van der Waals surface area contributed by atoms with E-state index in [4.69, 9.17) is 5.26 Å². The molecule has 3 unspecified atom stereocenters. The molecule has 0 N–H and O–H groups in total. The summed E-state index contributed by atoms with van der Waals surface area (Å²) in [6.45, 7) is 5.39. The summed E-state index contributed by atoms with van der Waals surface area (Å²) in [6, 6.07) is 2.38. The number of nitrogens with zero attached hydrogens (tertiary/aromatic N) is 3. The van der Waals surface area contributed by atoms with Gasteiger partial charge in [-0.05, 0) is 37.5 Å². The third-order valence-electron chi connectivity index (χ3n) is 5.20. The van der Waals surface area contributed by atoms with E-state index in [9.17, 15) is 4.79 Å². The summed E-state index contributed by atoms with van der Waals surface area (Å²) >= 11 is 0. The Morgan fingerprint density at radius 1 is 1.21 bits per heavy atom. The highest BCUT2D eigenvalue weighted by molar-refractivity contribution is 5.79. The summed E-state index contributed by atoms with van der Waals surface area (Å²) < 4.78 is 0. The summed E-state index contributed by atoms with van der Waals surface area (Å²) in [6.07, 6.45) is 4.52. The predicted molar refractivity (Wildman–Crippen MR) is 72.2 cm³/mol. The van der Waals surface area contributed by atoms with Crippen LogP contribution in [-0.2, 0) is 4.79 Å². The summed E-state index contributed by atoms with van der Waals surface area (Å²) in [5.41, 5.74) is 0. The van der Waals surface area contributed by atoms with E-state index in [1.54, 1.807) is 0 Å². The highest BCUT2D eigenvalue weighted by Crippen LogP contribution is 2.54. The minimum absolute atomic E-state index is 0.0244. The van der Waals surface area contributed by atoms with Gasteiger partial charge in [-0.2, -0.15) is 5.26 Å². The smallest absolute Gasteiger partial charge is 0.225 e. The number of fused-ring (bicyclic) bond motifs is 1. The van der Waals surface area contributed by atoms with Gasteiger partial charge in [0.15, 0.2) is 0 Å². The standard InChI is InChI=1S/C15H23N3O/c1-2-14(10-16)17-3-5-18(6-4-17)15(19)13-8-11-7-12(11)9-13/h11-14H,2-9H2,1H3. The normalized spacial score (nSPS) is 35.6. The van der Waals surface area contributed by atoms with Crippen molar-refractivity contribution in [1.82, 2.24) is 9.80 Å². The molecule has 1 aliphatic heterocycles. The molecule has 104 valence electrons.